The van der Waals surface area contributed by atoms with Gasteiger partial charge < -0.3 is 15.0 Å². The van der Waals surface area contributed by atoms with E-state index >= 15 is 0 Å². The number of para-hydroxylation sites is 2. The third-order valence-electron chi connectivity index (χ3n) is 2.66. The maximum absolute atomic E-state index is 12.2. The van der Waals surface area contributed by atoms with Crippen molar-refractivity contribution in [2.45, 2.75) is 5.75 Å². The fraction of sp³-hybridized carbons (Fsp3) is 0.214. The summed E-state index contributed by atoms with van der Waals surface area (Å²) in [5.74, 6) is 1.10. The first-order valence-electron chi connectivity index (χ1n) is 6.17. The molecule has 0 unspecified atom stereocenters. The zero-order valence-electron chi connectivity index (χ0n) is 11.7. The van der Waals surface area contributed by atoms with Gasteiger partial charge in [0.2, 0.25) is 0 Å². The number of anilines is 1. The second-order valence-corrected chi connectivity index (χ2v) is 5.03. The van der Waals surface area contributed by atoms with Crippen LogP contribution in [0.5, 0.6) is 5.75 Å². The van der Waals surface area contributed by atoms with Gasteiger partial charge in [-0.15, -0.1) is 0 Å². The number of amides is 1. The van der Waals surface area contributed by atoms with Crippen molar-refractivity contribution in [3.05, 3.63) is 52.2 Å². The molecular formula is C14H15N3O3S. The Balaban J connectivity index is 2.26. The van der Waals surface area contributed by atoms with Crippen LogP contribution in [0, 0.1) is 0 Å². The van der Waals surface area contributed by atoms with Gasteiger partial charge in [-0.25, -0.2) is 4.98 Å². The number of nitrogens with zero attached hydrogens (tertiary/aromatic N) is 1. The van der Waals surface area contributed by atoms with Gasteiger partial charge >= 0.3 is 0 Å². The maximum atomic E-state index is 12.2. The van der Waals surface area contributed by atoms with Gasteiger partial charge in [0, 0.05) is 6.07 Å². The van der Waals surface area contributed by atoms with Gasteiger partial charge in [-0.05, 0) is 18.4 Å². The minimum Gasteiger partial charge on any atom is -0.495 e. The highest BCUT2D eigenvalue weighted by molar-refractivity contribution is 7.97. The molecule has 0 radical (unpaired) electrons. The molecule has 0 saturated heterocycles. The Morgan fingerprint density at radius 2 is 2.19 bits per heavy atom. The summed E-state index contributed by atoms with van der Waals surface area (Å²) in [6.45, 7) is 0. The standard InChI is InChI=1S/C14H15N3O3S/c1-20-11-6-4-3-5-9(11)16-14(19)10-7-13(18)17-12(15-10)8-21-2/h3-7H,8H2,1-2H3,(H,16,19)(H,15,17,18). The highest BCUT2D eigenvalue weighted by Crippen LogP contribution is 2.23. The third-order valence-corrected chi connectivity index (χ3v) is 3.22. The number of carbonyl (C=O) groups is 1. The minimum absolute atomic E-state index is 0.0775. The van der Waals surface area contributed by atoms with Gasteiger partial charge in [0.25, 0.3) is 11.5 Å². The van der Waals surface area contributed by atoms with E-state index in [9.17, 15) is 9.59 Å². The number of benzene rings is 1. The molecule has 2 aromatic rings. The number of methoxy groups -OCH3 is 1. The summed E-state index contributed by atoms with van der Waals surface area (Å²) in [6, 6.07) is 8.21. The molecule has 21 heavy (non-hydrogen) atoms. The molecule has 0 atom stereocenters. The second kappa shape index (κ2) is 6.94. The van der Waals surface area contributed by atoms with Crippen molar-refractivity contribution in [3.8, 4) is 5.75 Å². The van der Waals surface area contributed by atoms with E-state index in [-0.39, 0.29) is 11.3 Å². The molecule has 1 aromatic heterocycles. The lowest BCUT2D eigenvalue weighted by atomic mass is 10.2. The average Bonchev–Trinajstić information content (AvgIpc) is 2.47. The Kier molecular flexibility index (Phi) is 4.99. The summed E-state index contributed by atoms with van der Waals surface area (Å²) >= 11 is 1.51. The molecule has 1 heterocycles. The lowest BCUT2D eigenvalue weighted by molar-refractivity contribution is 0.102. The molecule has 0 saturated carbocycles. The minimum atomic E-state index is -0.451. The first-order valence-corrected chi connectivity index (χ1v) is 7.57. The molecule has 2 N–H and O–H groups in total. The Hall–Kier alpha value is -2.28. The predicted octanol–water partition coefficient (Wildman–Crippen LogP) is 1.89. The van der Waals surface area contributed by atoms with Crippen LogP contribution in [-0.2, 0) is 5.75 Å². The average molecular weight is 305 g/mol. The van der Waals surface area contributed by atoms with E-state index in [0.29, 0.717) is 23.0 Å². The van der Waals surface area contributed by atoms with Gasteiger partial charge in [-0.3, -0.25) is 9.59 Å². The van der Waals surface area contributed by atoms with Crippen LogP contribution in [0.1, 0.15) is 16.3 Å². The molecular weight excluding hydrogens is 290 g/mol. The molecule has 6 nitrogen and oxygen atoms in total. The molecule has 2 rings (SSSR count). The summed E-state index contributed by atoms with van der Waals surface area (Å²) in [6.07, 6.45) is 1.89. The topological polar surface area (TPSA) is 84.1 Å². The molecule has 0 fully saturated rings. The zero-order chi connectivity index (χ0) is 15.2. The maximum Gasteiger partial charge on any atom is 0.274 e. The third kappa shape index (κ3) is 3.85. The number of hydrogen-bond acceptors (Lipinski definition) is 5. The first-order chi connectivity index (χ1) is 10.1. The van der Waals surface area contributed by atoms with Crippen molar-refractivity contribution in [1.82, 2.24) is 9.97 Å². The molecule has 110 valence electrons. The van der Waals surface area contributed by atoms with Crippen molar-refractivity contribution in [2.24, 2.45) is 0 Å². The zero-order valence-corrected chi connectivity index (χ0v) is 12.5. The summed E-state index contributed by atoms with van der Waals surface area (Å²) in [5.41, 5.74) is 0.256. The molecule has 0 spiro atoms. The Labute approximate surface area is 125 Å². The van der Waals surface area contributed by atoms with Gasteiger partial charge in [-0.1, -0.05) is 12.1 Å². The van der Waals surface area contributed by atoms with Crippen LogP contribution in [0.3, 0.4) is 0 Å². The van der Waals surface area contributed by atoms with Crippen molar-refractivity contribution in [1.29, 1.82) is 0 Å². The highest BCUT2D eigenvalue weighted by atomic mass is 32.2. The molecule has 0 aliphatic carbocycles. The van der Waals surface area contributed by atoms with E-state index in [4.69, 9.17) is 4.74 Å². The Morgan fingerprint density at radius 1 is 1.43 bits per heavy atom. The second-order valence-electron chi connectivity index (χ2n) is 4.16. The molecule has 0 aliphatic rings. The summed E-state index contributed by atoms with van der Waals surface area (Å²) in [7, 11) is 1.52. The van der Waals surface area contributed by atoms with Gasteiger partial charge in [0.1, 0.15) is 17.3 Å². The van der Waals surface area contributed by atoms with Crippen LogP contribution in [-0.4, -0.2) is 29.2 Å². The molecule has 1 amide bonds. The number of aromatic nitrogens is 2. The summed E-state index contributed by atoms with van der Waals surface area (Å²) < 4.78 is 5.16. The number of ether oxygens (including phenoxy) is 1. The smallest absolute Gasteiger partial charge is 0.274 e. The van der Waals surface area contributed by atoms with Crippen LogP contribution >= 0.6 is 11.8 Å². The number of hydrogen-bond donors (Lipinski definition) is 2. The SMILES string of the molecule is COc1ccccc1NC(=O)c1cc(=O)[nH]c(CSC)n1. The Morgan fingerprint density at radius 3 is 2.90 bits per heavy atom. The first kappa shape index (κ1) is 15.1. The number of rotatable bonds is 5. The monoisotopic (exact) mass is 305 g/mol. The molecule has 0 bridgehead atoms. The quantitative estimate of drug-likeness (QED) is 0.881. The molecule has 1 aromatic carbocycles. The van der Waals surface area contributed by atoms with E-state index in [2.05, 4.69) is 15.3 Å². The lowest BCUT2D eigenvalue weighted by Crippen LogP contribution is -2.20. The van der Waals surface area contributed by atoms with E-state index in [1.54, 1.807) is 24.3 Å². The van der Waals surface area contributed by atoms with Crippen LogP contribution < -0.4 is 15.6 Å². The van der Waals surface area contributed by atoms with Crippen molar-refractivity contribution in [3.63, 3.8) is 0 Å². The van der Waals surface area contributed by atoms with E-state index < -0.39 is 5.91 Å². The van der Waals surface area contributed by atoms with Crippen LogP contribution in [0.25, 0.3) is 0 Å². The number of aromatic amines is 1. The Bertz CT molecular complexity index is 700. The number of thioether (sulfide) groups is 1. The number of carbonyl (C=O) groups excluding carboxylic acids is 1. The van der Waals surface area contributed by atoms with E-state index in [1.165, 1.54) is 24.9 Å². The number of nitrogens with one attached hydrogen (secondary N) is 2. The lowest BCUT2D eigenvalue weighted by Gasteiger charge is -2.09. The van der Waals surface area contributed by atoms with Crippen molar-refractivity contribution >= 4 is 23.4 Å². The van der Waals surface area contributed by atoms with Crippen LogP contribution in [0.4, 0.5) is 5.69 Å². The van der Waals surface area contributed by atoms with Crippen molar-refractivity contribution in [2.75, 3.05) is 18.7 Å². The largest absolute Gasteiger partial charge is 0.495 e. The van der Waals surface area contributed by atoms with Crippen molar-refractivity contribution < 1.29 is 9.53 Å². The molecule has 0 aliphatic heterocycles. The number of H-pyrrole nitrogens is 1. The van der Waals surface area contributed by atoms with Gasteiger partial charge in [-0.2, -0.15) is 11.8 Å². The fourth-order valence-corrected chi connectivity index (χ4v) is 2.17. The van der Waals surface area contributed by atoms with Gasteiger partial charge in [0.05, 0.1) is 18.6 Å². The van der Waals surface area contributed by atoms with Crippen LogP contribution in [0.2, 0.25) is 0 Å². The normalized spacial score (nSPS) is 10.2. The predicted molar refractivity (Wildman–Crippen MR) is 83.0 cm³/mol. The summed E-state index contributed by atoms with van der Waals surface area (Å²) in [5, 5.41) is 2.69. The molecule has 7 heteroatoms. The van der Waals surface area contributed by atoms with E-state index in [1.807, 2.05) is 6.26 Å². The summed E-state index contributed by atoms with van der Waals surface area (Å²) in [4.78, 5) is 30.5. The fourth-order valence-electron chi connectivity index (χ4n) is 1.76. The highest BCUT2D eigenvalue weighted by Gasteiger charge is 2.12. The van der Waals surface area contributed by atoms with E-state index in [0.717, 1.165) is 0 Å². The van der Waals surface area contributed by atoms with Gasteiger partial charge in [0.15, 0.2) is 0 Å². The van der Waals surface area contributed by atoms with Crippen LogP contribution in [0.15, 0.2) is 35.1 Å².